The van der Waals surface area contributed by atoms with Gasteiger partial charge in [-0.05, 0) is 31.4 Å². The fourth-order valence-electron chi connectivity index (χ4n) is 3.85. The molecule has 1 aliphatic rings. The van der Waals surface area contributed by atoms with Gasteiger partial charge in [0.05, 0.1) is 30.8 Å². The van der Waals surface area contributed by atoms with Crippen molar-refractivity contribution < 1.29 is 0 Å². The van der Waals surface area contributed by atoms with Gasteiger partial charge in [0.15, 0.2) is 5.96 Å². The SMILES string of the molecule is CCNC(=NCc1cnn(-c2ccccc2)c1)N1CCC(C)C(n2ccnc2)C1.I. The number of aliphatic imine (C=N–C) groups is 1. The molecule has 1 aliphatic heterocycles. The van der Waals surface area contributed by atoms with Gasteiger partial charge in [-0.25, -0.2) is 14.7 Å². The lowest BCUT2D eigenvalue weighted by atomic mass is 9.93. The molecule has 3 heterocycles. The Balaban J connectivity index is 0.00000256. The Hall–Kier alpha value is -2.36. The van der Waals surface area contributed by atoms with Gasteiger partial charge in [-0.15, -0.1) is 24.0 Å². The number of nitrogens with zero attached hydrogens (tertiary/aromatic N) is 6. The van der Waals surface area contributed by atoms with Crippen molar-refractivity contribution in [2.75, 3.05) is 19.6 Å². The molecule has 0 saturated carbocycles. The molecule has 2 unspecified atom stereocenters. The van der Waals surface area contributed by atoms with Gasteiger partial charge in [0.25, 0.3) is 0 Å². The summed E-state index contributed by atoms with van der Waals surface area (Å²) in [6.07, 6.45) is 10.9. The topological polar surface area (TPSA) is 63.3 Å². The van der Waals surface area contributed by atoms with Crippen LogP contribution in [0.1, 0.15) is 31.9 Å². The quantitative estimate of drug-likeness (QED) is 0.317. The fraction of sp³-hybridized carbons (Fsp3) is 0.409. The average Bonchev–Trinajstić information content (AvgIpc) is 3.45. The van der Waals surface area contributed by atoms with E-state index in [0.29, 0.717) is 18.5 Å². The van der Waals surface area contributed by atoms with E-state index < -0.39 is 0 Å². The van der Waals surface area contributed by atoms with Crippen LogP contribution >= 0.6 is 24.0 Å². The molecule has 1 N–H and O–H groups in total. The molecule has 7 nitrogen and oxygen atoms in total. The minimum Gasteiger partial charge on any atom is -0.357 e. The Bertz CT molecular complexity index is 920. The number of rotatable bonds is 5. The van der Waals surface area contributed by atoms with Crippen LogP contribution in [0.3, 0.4) is 0 Å². The lowest BCUT2D eigenvalue weighted by molar-refractivity contribution is 0.189. The predicted molar refractivity (Wildman–Crippen MR) is 130 cm³/mol. The van der Waals surface area contributed by atoms with Crippen LogP contribution in [0.15, 0.2) is 66.4 Å². The summed E-state index contributed by atoms with van der Waals surface area (Å²) in [5.74, 6) is 1.59. The lowest BCUT2D eigenvalue weighted by Gasteiger charge is -2.39. The van der Waals surface area contributed by atoms with Crippen molar-refractivity contribution in [3.63, 3.8) is 0 Å². The van der Waals surface area contributed by atoms with Gasteiger partial charge in [-0.1, -0.05) is 25.1 Å². The molecule has 0 bridgehead atoms. The largest absolute Gasteiger partial charge is 0.357 e. The first-order valence-corrected chi connectivity index (χ1v) is 10.3. The van der Waals surface area contributed by atoms with E-state index in [-0.39, 0.29) is 24.0 Å². The number of imidazole rings is 1. The molecule has 0 aliphatic carbocycles. The van der Waals surface area contributed by atoms with Crippen molar-refractivity contribution in [1.29, 1.82) is 0 Å². The maximum atomic E-state index is 4.91. The van der Waals surface area contributed by atoms with Crippen LogP contribution in [0.25, 0.3) is 5.69 Å². The smallest absolute Gasteiger partial charge is 0.194 e. The van der Waals surface area contributed by atoms with Gasteiger partial charge in [0, 0.05) is 43.8 Å². The summed E-state index contributed by atoms with van der Waals surface area (Å²) in [5, 5.41) is 7.95. The summed E-state index contributed by atoms with van der Waals surface area (Å²) >= 11 is 0. The molecular formula is C22H30IN7. The first-order valence-electron chi connectivity index (χ1n) is 10.3. The second kappa shape index (κ2) is 10.6. The maximum absolute atomic E-state index is 4.91. The molecule has 0 spiro atoms. The molecule has 4 rings (SSSR count). The molecule has 30 heavy (non-hydrogen) atoms. The third-order valence-corrected chi connectivity index (χ3v) is 5.53. The van der Waals surface area contributed by atoms with Crippen LogP contribution in [0, 0.1) is 5.92 Å². The molecule has 3 aromatic rings. The van der Waals surface area contributed by atoms with E-state index in [0.717, 1.165) is 43.3 Å². The van der Waals surface area contributed by atoms with Crippen LogP contribution < -0.4 is 5.32 Å². The molecule has 1 saturated heterocycles. The second-order valence-corrected chi connectivity index (χ2v) is 7.59. The Morgan fingerprint density at radius 3 is 2.83 bits per heavy atom. The fourth-order valence-corrected chi connectivity index (χ4v) is 3.85. The molecule has 0 amide bonds. The molecule has 1 aromatic carbocycles. The van der Waals surface area contributed by atoms with Crippen molar-refractivity contribution in [3.8, 4) is 5.69 Å². The third-order valence-electron chi connectivity index (χ3n) is 5.53. The molecule has 0 radical (unpaired) electrons. The van der Waals surface area contributed by atoms with E-state index >= 15 is 0 Å². The van der Waals surface area contributed by atoms with E-state index in [9.17, 15) is 0 Å². The maximum Gasteiger partial charge on any atom is 0.194 e. The van der Waals surface area contributed by atoms with Crippen LogP contribution in [0.2, 0.25) is 0 Å². The number of halogens is 1. The summed E-state index contributed by atoms with van der Waals surface area (Å²) < 4.78 is 4.12. The van der Waals surface area contributed by atoms with Crippen LogP contribution in [0.4, 0.5) is 0 Å². The molecular weight excluding hydrogens is 489 g/mol. The van der Waals surface area contributed by atoms with Crippen LogP contribution in [0.5, 0.6) is 0 Å². The molecule has 2 atom stereocenters. The van der Waals surface area contributed by atoms with Gasteiger partial charge in [-0.3, -0.25) is 0 Å². The standard InChI is InChI=1S/C22H29N7.HI/c1-3-24-22(27-11-9-18(2)21(16-27)28-12-10-23-17-28)25-13-19-14-26-29(15-19)20-7-5-4-6-8-20;/h4-8,10,12,14-15,17-18,21H,3,9,11,13,16H2,1-2H3,(H,24,25);1H. The average molecular weight is 519 g/mol. The first-order chi connectivity index (χ1) is 14.2. The highest BCUT2D eigenvalue weighted by Crippen LogP contribution is 2.27. The molecule has 1 fully saturated rings. The van der Waals surface area contributed by atoms with Crippen molar-refractivity contribution in [2.24, 2.45) is 10.9 Å². The van der Waals surface area contributed by atoms with Gasteiger partial charge in [0.1, 0.15) is 0 Å². The molecule has 2 aromatic heterocycles. The van der Waals surface area contributed by atoms with Crippen LogP contribution in [-0.2, 0) is 6.54 Å². The van der Waals surface area contributed by atoms with Crippen molar-refractivity contribution >= 4 is 29.9 Å². The summed E-state index contributed by atoms with van der Waals surface area (Å²) in [5.41, 5.74) is 2.16. The highest BCUT2D eigenvalue weighted by molar-refractivity contribution is 14.0. The first kappa shape index (κ1) is 22.3. The second-order valence-electron chi connectivity index (χ2n) is 7.59. The number of guanidine groups is 1. The minimum absolute atomic E-state index is 0. The van der Waals surface area contributed by atoms with Gasteiger partial charge < -0.3 is 14.8 Å². The Labute approximate surface area is 195 Å². The number of benzene rings is 1. The summed E-state index contributed by atoms with van der Waals surface area (Å²) in [6.45, 7) is 7.85. The number of piperidine rings is 1. The van der Waals surface area contributed by atoms with Crippen molar-refractivity contribution in [3.05, 3.63) is 67.0 Å². The number of likely N-dealkylation sites (tertiary alicyclic amines) is 1. The zero-order chi connectivity index (χ0) is 20.1. The highest BCUT2D eigenvalue weighted by Gasteiger charge is 2.28. The minimum atomic E-state index is 0. The van der Waals surface area contributed by atoms with E-state index in [2.05, 4.69) is 63.2 Å². The van der Waals surface area contributed by atoms with E-state index in [4.69, 9.17) is 4.99 Å². The number of nitrogens with one attached hydrogen (secondary N) is 1. The molecule has 160 valence electrons. The zero-order valence-corrected chi connectivity index (χ0v) is 19.9. The van der Waals surface area contributed by atoms with E-state index in [1.165, 1.54) is 0 Å². The predicted octanol–water partition coefficient (Wildman–Crippen LogP) is 3.74. The highest BCUT2D eigenvalue weighted by atomic mass is 127. The van der Waals surface area contributed by atoms with Gasteiger partial charge in [0.2, 0.25) is 0 Å². The summed E-state index contributed by atoms with van der Waals surface area (Å²) in [7, 11) is 0. The zero-order valence-electron chi connectivity index (χ0n) is 17.6. The van der Waals surface area contributed by atoms with Crippen molar-refractivity contribution in [1.82, 2.24) is 29.5 Å². The monoisotopic (exact) mass is 519 g/mol. The summed E-state index contributed by atoms with van der Waals surface area (Å²) in [6, 6.07) is 10.6. The van der Waals surface area contributed by atoms with Crippen molar-refractivity contribution in [2.45, 2.75) is 32.9 Å². The number of hydrogen-bond donors (Lipinski definition) is 1. The third kappa shape index (κ3) is 5.21. The lowest BCUT2D eigenvalue weighted by Crippen LogP contribution is -2.49. The van der Waals surface area contributed by atoms with E-state index in [1.54, 1.807) is 0 Å². The number of aromatic nitrogens is 4. The van der Waals surface area contributed by atoms with Crippen LogP contribution in [-0.4, -0.2) is 49.8 Å². The molecule has 8 heteroatoms. The summed E-state index contributed by atoms with van der Waals surface area (Å²) in [4.78, 5) is 11.5. The van der Waals surface area contributed by atoms with E-state index in [1.807, 2.05) is 41.6 Å². The Morgan fingerprint density at radius 2 is 2.10 bits per heavy atom. The number of para-hydroxylation sites is 1. The normalized spacial score (nSPS) is 19.4. The Morgan fingerprint density at radius 1 is 1.27 bits per heavy atom. The number of hydrogen-bond acceptors (Lipinski definition) is 3. The van der Waals surface area contributed by atoms with Gasteiger partial charge in [-0.2, -0.15) is 5.10 Å². The van der Waals surface area contributed by atoms with Gasteiger partial charge >= 0.3 is 0 Å². The Kier molecular flexibility index (Phi) is 7.89.